The third-order valence-corrected chi connectivity index (χ3v) is 5.58. The molecular weight excluding hydrogens is 523 g/mol. The molecule has 2 N–H and O–H groups in total. The van der Waals surface area contributed by atoms with E-state index in [-0.39, 0.29) is 35.7 Å². The summed E-state index contributed by atoms with van der Waals surface area (Å²) in [5, 5.41) is 8.48. The van der Waals surface area contributed by atoms with Gasteiger partial charge in [-0.15, -0.1) is 35.3 Å². The molecule has 0 bridgehead atoms. The van der Waals surface area contributed by atoms with Crippen LogP contribution in [0.5, 0.6) is 0 Å². The number of hydrogen-bond donors (Lipinski definition) is 2. The molecule has 1 unspecified atom stereocenters. The van der Waals surface area contributed by atoms with Crippen LogP contribution in [-0.4, -0.2) is 37.1 Å². The lowest BCUT2D eigenvalue weighted by atomic mass is 10.2. The predicted octanol–water partition coefficient (Wildman–Crippen LogP) is 4.24. The molecule has 0 saturated carbocycles. The molecule has 0 radical (unpaired) electrons. The molecule has 3 heterocycles. The fourth-order valence-corrected chi connectivity index (χ4v) is 3.99. The van der Waals surface area contributed by atoms with Crippen LogP contribution in [0.3, 0.4) is 0 Å². The Morgan fingerprint density at radius 2 is 2.10 bits per heavy atom. The summed E-state index contributed by atoms with van der Waals surface area (Å²) in [6.45, 7) is 1.51. The Morgan fingerprint density at radius 1 is 1.30 bits per heavy atom. The van der Waals surface area contributed by atoms with Gasteiger partial charge in [0.15, 0.2) is 5.96 Å². The van der Waals surface area contributed by atoms with Gasteiger partial charge in [0.2, 0.25) is 5.89 Å². The molecule has 6 nitrogen and oxygen atoms in total. The fourth-order valence-electron chi connectivity index (χ4n) is 3.34. The average molecular weight is 545 g/mol. The summed E-state index contributed by atoms with van der Waals surface area (Å²) in [7, 11) is 1.68. The molecule has 0 amide bonds. The van der Waals surface area contributed by atoms with Gasteiger partial charge in [-0.3, -0.25) is 4.99 Å². The molecule has 3 aromatic rings. The SMILES string of the molecule is CN=C(NCc1coc(-c2cccs2)n1)NC1CCN(c2c(F)cccc2F)C1.I. The third kappa shape index (κ3) is 5.09. The van der Waals surface area contributed by atoms with Gasteiger partial charge in [-0.25, -0.2) is 13.8 Å². The first-order chi connectivity index (χ1) is 14.1. The van der Waals surface area contributed by atoms with Crippen LogP contribution in [0.1, 0.15) is 12.1 Å². The Morgan fingerprint density at radius 3 is 2.80 bits per heavy atom. The quantitative estimate of drug-likeness (QED) is 0.285. The van der Waals surface area contributed by atoms with Crippen LogP contribution in [-0.2, 0) is 6.54 Å². The van der Waals surface area contributed by atoms with Crippen molar-refractivity contribution in [2.45, 2.75) is 19.0 Å². The van der Waals surface area contributed by atoms with E-state index in [1.807, 2.05) is 17.5 Å². The summed E-state index contributed by atoms with van der Waals surface area (Å²) in [4.78, 5) is 11.4. The minimum Gasteiger partial charge on any atom is -0.443 e. The van der Waals surface area contributed by atoms with Crippen LogP contribution in [0.25, 0.3) is 10.8 Å². The summed E-state index contributed by atoms with van der Waals surface area (Å²) >= 11 is 1.57. The van der Waals surface area contributed by atoms with E-state index >= 15 is 0 Å². The molecule has 1 saturated heterocycles. The van der Waals surface area contributed by atoms with Crippen LogP contribution >= 0.6 is 35.3 Å². The Balaban J connectivity index is 0.00000256. The van der Waals surface area contributed by atoms with E-state index in [2.05, 4.69) is 20.6 Å². The van der Waals surface area contributed by atoms with Crippen molar-refractivity contribution < 1.29 is 13.2 Å². The zero-order valence-electron chi connectivity index (χ0n) is 16.3. The molecule has 1 aliphatic heterocycles. The monoisotopic (exact) mass is 545 g/mol. The number of para-hydroxylation sites is 1. The van der Waals surface area contributed by atoms with E-state index in [4.69, 9.17) is 4.42 Å². The number of benzene rings is 1. The van der Waals surface area contributed by atoms with Gasteiger partial charge in [-0.2, -0.15) is 0 Å². The summed E-state index contributed by atoms with van der Waals surface area (Å²) < 4.78 is 33.5. The molecule has 160 valence electrons. The Bertz CT molecular complexity index is 975. The lowest BCUT2D eigenvalue weighted by Crippen LogP contribution is -2.44. The lowest BCUT2D eigenvalue weighted by Gasteiger charge is -2.21. The van der Waals surface area contributed by atoms with Gasteiger partial charge >= 0.3 is 0 Å². The van der Waals surface area contributed by atoms with Gasteiger partial charge in [0.1, 0.15) is 23.6 Å². The smallest absolute Gasteiger partial charge is 0.236 e. The van der Waals surface area contributed by atoms with E-state index in [9.17, 15) is 8.78 Å². The molecule has 10 heteroatoms. The second-order valence-corrected chi connectivity index (χ2v) is 7.64. The van der Waals surface area contributed by atoms with E-state index in [0.29, 0.717) is 31.5 Å². The highest BCUT2D eigenvalue weighted by molar-refractivity contribution is 14.0. The zero-order valence-corrected chi connectivity index (χ0v) is 19.4. The van der Waals surface area contributed by atoms with Crippen molar-refractivity contribution in [2.24, 2.45) is 4.99 Å². The highest BCUT2D eigenvalue weighted by atomic mass is 127. The van der Waals surface area contributed by atoms with Crippen molar-refractivity contribution in [1.29, 1.82) is 0 Å². The van der Waals surface area contributed by atoms with Crippen molar-refractivity contribution in [3.63, 3.8) is 0 Å². The first kappa shape index (κ1) is 22.5. The standard InChI is InChI=1S/C20H21F2N5OS.HI/c1-23-20(24-10-14-12-28-19(25-14)17-6-3-9-29-17)26-13-7-8-27(11-13)18-15(21)4-2-5-16(18)22;/h2-6,9,12-13H,7-8,10-11H2,1H3,(H2,23,24,26);1H. The highest BCUT2D eigenvalue weighted by Crippen LogP contribution is 2.27. The average Bonchev–Trinajstić information content (AvgIpc) is 3.46. The maximum absolute atomic E-state index is 14.0. The Labute approximate surface area is 194 Å². The van der Waals surface area contributed by atoms with Crippen LogP contribution < -0.4 is 15.5 Å². The maximum Gasteiger partial charge on any atom is 0.236 e. The van der Waals surface area contributed by atoms with Gasteiger partial charge in [-0.05, 0) is 30.0 Å². The first-order valence-corrected chi connectivity index (χ1v) is 10.2. The van der Waals surface area contributed by atoms with Crippen LogP contribution in [0, 0.1) is 11.6 Å². The molecule has 30 heavy (non-hydrogen) atoms. The van der Waals surface area contributed by atoms with E-state index < -0.39 is 11.6 Å². The number of halogens is 3. The van der Waals surface area contributed by atoms with Gasteiger partial charge < -0.3 is 20.0 Å². The van der Waals surface area contributed by atoms with Crippen molar-refractivity contribution in [2.75, 3.05) is 25.0 Å². The van der Waals surface area contributed by atoms with Crippen molar-refractivity contribution >= 4 is 47.0 Å². The van der Waals surface area contributed by atoms with E-state index in [1.165, 1.54) is 18.2 Å². The van der Waals surface area contributed by atoms with Gasteiger partial charge in [0.05, 0.1) is 17.1 Å². The van der Waals surface area contributed by atoms with Gasteiger partial charge in [0, 0.05) is 26.2 Å². The van der Waals surface area contributed by atoms with Crippen LogP contribution in [0.15, 0.2) is 51.4 Å². The molecule has 1 fully saturated rings. The Hall–Kier alpha value is -2.21. The second-order valence-electron chi connectivity index (χ2n) is 6.69. The number of anilines is 1. The molecule has 1 aromatic carbocycles. The summed E-state index contributed by atoms with van der Waals surface area (Å²) in [6.07, 6.45) is 2.37. The van der Waals surface area contributed by atoms with Crippen molar-refractivity contribution in [3.05, 3.63) is 59.3 Å². The summed E-state index contributed by atoms with van der Waals surface area (Å²) in [5.74, 6) is 0.117. The second kappa shape index (κ2) is 10.2. The molecule has 2 aromatic heterocycles. The zero-order chi connectivity index (χ0) is 20.2. The van der Waals surface area contributed by atoms with Gasteiger partial charge in [-0.1, -0.05) is 12.1 Å². The molecule has 0 spiro atoms. The number of aromatic nitrogens is 1. The minimum atomic E-state index is -0.541. The number of thiophene rings is 1. The van der Waals surface area contributed by atoms with Crippen molar-refractivity contribution in [3.8, 4) is 10.8 Å². The van der Waals surface area contributed by atoms with Gasteiger partial charge in [0.25, 0.3) is 0 Å². The maximum atomic E-state index is 14.0. The predicted molar refractivity (Wildman–Crippen MR) is 126 cm³/mol. The third-order valence-electron chi connectivity index (χ3n) is 4.73. The number of hydrogen-bond acceptors (Lipinski definition) is 5. The number of rotatable bonds is 5. The van der Waals surface area contributed by atoms with Crippen LogP contribution in [0.2, 0.25) is 0 Å². The molecule has 4 rings (SSSR count). The summed E-state index contributed by atoms with van der Waals surface area (Å²) in [5.41, 5.74) is 0.793. The van der Waals surface area contributed by atoms with E-state index in [1.54, 1.807) is 29.5 Å². The molecule has 1 aliphatic rings. The largest absolute Gasteiger partial charge is 0.443 e. The summed E-state index contributed by atoms with van der Waals surface area (Å²) in [6, 6.07) is 7.87. The van der Waals surface area contributed by atoms with E-state index in [0.717, 1.165) is 17.0 Å². The number of guanidine groups is 1. The number of nitrogens with zero attached hydrogens (tertiary/aromatic N) is 3. The fraction of sp³-hybridized carbons (Fsp3) is 0.300. The highest BCUT2D eigenvalue weighted by Gasteiger charge is 2.27. The van der Waals surface area contributed by atoms with Crippen molar-refractivity contribution in [1.82, 2.24) is 15.6 Å². The normalized spacial score (nSPS) is 16.4. The molecule has 0 aliphatic carbocycles. The molecular formula is C20H22F2IN5OS. The Kier molecular flexibility index (Phi) is 7.64. The topological polar surface area (TPSA) is 65.7 Å². The molecule has 1 atom stereocenters. The minimum absolute atomic E-state index is 0. The number of oxazole rings is 1. The number of nitrogens with one attached hydrogen (secondary N) is 2. The van der Waals surface area contributed by atoms with Crippen LogP contribution in [0.4, 0.5) is 14.5 Å². The number of aliphatic imine (C=N–C) groups is 1. The lowest BCUT2D eigenvalue weighted by molar-refractivity contribution is 0.573. The first-order valence-electron chi connectivity index (χ1n) is 9.28.